The number of hydrogen-bond donors (Lipinski definition) is 1. The van der Waals surface area contributed by atoms with Gasteiger partial charge in [0.05, 0.1) is 32.2 Å². The number of methoxy groups -OCH3 is 2. The summed E-state index contributed by atoms with van der Waals surface area (Å²) in [4.78, 5) is 4.21. The Bertz CT molecular complexity index is 560. The van der Waals surface area contributed by atoms with Crippen LogP contribution in [0.5, 0.6) is 11.6 Å². The molecule has 0 spiro atoms. The molecular formula is C15H20N4O2. The fourth-order valence-electron chi connectivity index (χ4n) is 1.98. The van der Waals surface area contributed by atoms with Crippen molar-refractivity contribution in [1.82, 2.24) is 20.5 Å². The van der Waals surface area contributed by atoms with Crippen molar-refractivity contribution in [3.8, 4) is 11.6 Å². The standard InChI is InChI=1S/C15H20N4O2/c1-4-7-17-15(11-8-12(20-2)10-16-9-11)13-5-6-14(21-3)19-18-13/h5-6,8-10,15,17H,4,7H2,1-3H3. The third kappa shape index (κ3) is 3.88. The predicted molar refractivity (Wildman–Crippen MR) is 79.5 cm³/mol. The van der Waals surface area contributed by atoms with Crippen molar-refractivity contribution in [2.75, 3.05) is 20.8 Å². The zero-order valence-corrected chi connectivity index (χ0v) is 12.5. The van der Waals surface area contributed by atoms with Gasteiger partial charge in [-0.3, -0.25) is 4.98 Å². The van der Waals surface area contributed by atoms with Crippen LogP contribution in [0.3, 0.4) is 0 Å². The lowest BCUT2D eigenvalue weighted by molar-refractivity contribution is 0.390. The molecule has 21 heavy (non-hydrogen) atoms. The highest BCUT2D eigenvalue weighted by Gasteiger charge is 2.16. The number of nitrogens with one attached hydrogen (secondary N) is 1. The molecule has 0 aliphatic heterocycles. The van der Waals surface area contributed by atoms with Crippen molar-refractivity contribution in [2.24, 2.45) is 0 Å². The molecule has 1 N–H and O–H groups in total. The predicted octanol–water partition coefficient (Wildman–Crippen LogP) is 1.98. The summed E-state index contributed by atoms with van der Waals surface area (Å²) in [6.07, 6.45) is 4.51. The van der Waals surface area contributed by atoms with Gasteiger partial charge in [-0.15, -0.1) is 10.2 Å². The highest BCUT2D eigenvalue weighted by Crippen LogP contribution is 2.23. The summed E-state index contributed by atoms with van der Waals surface area (Å²) in [7, 11) is 3.20. The van der Waals surface area contributed by atoms with Gasteiger partial charge in [0.1, 0.15) is 5.75 Å². The van der Waals surface area contributed by atoms with Gasteiger partial charge in [0, 0.05) is 12.3 Å². The third-order valence-electron chi connectivity index (χ3n) is 3.07. The van der Waals surface area contributed by atoms with Crippen molar-refractivity contribution in [3.63, 3.8) is 0 Å². The van der Waals surface area contributed by atoms with Crippen LogP contribution in [0.15, 0.2) is 30.6 Å². The molecule has 0 bridgehead atoms. The van der Waals surface area contributed by atoms with Gasteiger partial charge in [-0.25, -0.2) is 0 Å². The van der Waals surface area contributed by atoms with Gasteiger partial charge in [0.2, 0.25) is 5.88 Å². The zero-order valence-electron chi connectivity index (χ0n) is 12.5. The van der Waals surface area contributed by atoms with Crippen LogP contribution in [0.1, 0.15) is 30.6 Å². The van der Waals surface area contributed by atoms with Crippen LogP contribution < -0.4 is 14.8 Å². The van der Waals surface area contributed by atoms with Crippen molar-refractivity contribution in [1.29, 1.82) is 0 Å². The molecule has 0 aliphatic rings. The van der Waals surface area contributed by atoms with E-state index in [2.05, 4.69) is 27.4 Å². The highest BCUT2D eigenvalue weighted by atomic mass is 16.5. The Kier molecular flexibility index (Phi) is 5.45. The van der Waals surface area contributed by atoms with E-state index in [1.807, 2.05) is 18.3 Å². The van der Waals surface area contributed by atoms with E-state index in [0.717, 1.165) is 30.0 Å². The monoisotopic (exact) mass is 288 g/mol. The molecule has 6 nitrogen and oxygen atoms in total. The summed E-state index contributed by atoms with van der Waals surface area (Å²) < 4.78 is 10.3. The average Bonchev–Trinajstić information content (AvgIpc) is 2.56. The molecule has 0 saturated heterocycles. The fraction of sp³-hybridized carbons (Fsp3) is 0.400. The Hall–Kier alpha value is -2.21. The normalized spacial score (nSPS) is 12.0. The second-order valence-corrected chi connectivity index (χ2v) is 4.55. The molecule has 2 rings (SSSR count). The van der Waals surface area contributed by atoms with Crippen molar-refractivity contribution >= 4 is 0 Å². The first-order valence-electron chi connectivity index (χ1n) is 6.88. The second-order valence-electron chi connectivity index (χ2n) is 4.55. The molecule has 0 radical (unpaired) electrons. The van der Waals surface area contributed by atoms with E-state index < -0.39 is 0 Å². The van der Waals surface area contributed by atoms with Crippen LogP contribution >= 0.6 is 0 Å². The molecule has 2 aromatic heterocycles. The van der Waals surface area contributed by atoms with E-state index in [1.54, 1.807) is 26.5 Å². The van der Waals surface area contributed by atoms with Crippen LogP contribution in [-0.2, 0) is 0 Å². The summed E-state index contributed by atoms with van der Waals surface area (Å²) in [5.41, 5.74) is 1.81. The largest absolute Gasteiger partial charge is 0.495 e. The smallest absolute Gasteiger partial charge is 0.233 e. The first kappa shape index (κ1) is 15.2. The first-order valence-corrected chi connectivity index (χ1v) is 6.88. The maximum Gasteiger partial charge on any atom is 0.233 e. The lowest BCUT2D eigenvalue weighted by Gasteiger charge is -2.18. The Labute approximate surface area is 124 Å². The minimum absolute atomic E-state index is 0.0778. The molecule has 0 aromatic carbocycles. The summed E-state index contributed by atoms with van der Waals surface area (Å²) in [6.45, 7) is 2.99. The number of hydrogen-bond acceptors (Lipinski definition) is 6. The topological polar surface area (TPSA) is 69.2 Å². The maximum absolute atomic E-state index is 5.24. The molecule has 1 unspecified atom stereocenters. The minimum atomic E-state index is -0.0778. The van der Waals surface area contributed by atoms with E-state index in [1.165, 1.54) is 0 Å². The van der Waals surface area contributed by atoms with Crippen molar-refractivity contribution < 1.29 is 9.47 Å². The molecule has 0 fully saturated rings. The van der Waals surface area contributed by atoms with Gasteiger partial charge < -0.3 is 14.8 Å². The van der Waals surface area contributed by atoms with Gasteiger partial charge in [0.15, 0.2) is 0 Å². The van der Waals surface area contributed by atoms with Crippen LogP contribution in [0.2, 0.25) is 0 Å². The average molecular weight is 288 g/mol. The van der Waals surface area contributed by atoms with Gasteiger partial charge in [-0.05, 0) is 30.7 Å². The Morgan fingerprint density at radius 3 is 2.62 bits per heavy atom. The number of pyridine rings is 1. The summed E-state index contributed by atoms with van der Waals surface area (Å²) in [6, 6.07) is 5.58. The lowest BCUT2D eigenvalue weighted by Crippen LogP contribution is -2.24. The zero-order chi connectivity index (χ0) is 15.1. The maximum atomic E-state index is 5.24. The van der Waals surface area contributed by atoms with Crippen LogP contribution in [0.25, 0.3) is 0 Å². The van der Waals surface area contributed by atoms with Gasteiger partial charge in [0.25, 0.3) is 0 Å². The fourth-order valence-corrected chi connectivity index (χ4v) is 1.98. The molecule has 6 heteroatoms. The Morgan fingerprint density at radius 2 is 2.00 bits per heavy atom. The van der Waals surface area contributed by atoms with Gasteiger partial charge in [-0.2, -0.15) is 0 Å². The van der Waals surface area contributed by atoms with E-state index in [4.69, 9.17) is 9.47 Å². The van der Waals surface area contributed by atoms with E-state index in [-0.39, 0.29) is 6.04 Å². The second kappa shape index (κ2) is 7.54. The highest BCUT2D eigenvalue weighted by molar-refractivity contribution is 5.31. The van der Waals surface area contributed by atoms with Crippen molar-refractivity contribution in [3.05, 3.63) is 41.9 Å². The minimum Gasteiger partial charge on any atom is -0.495 e. The van der Waals surface area contributed by atoms with E-state index in [0.29, 0.717) is 5.88 Å². The molecule has 0 amide bonds. The quantitative estimate of drug-likeness (QED) is 0.840. The van der Waals surface area contributed by atoms with Crippen LogP contribution in [0.4, 0.5) is 0 Å². The van der Waals surface area contributed by atoms with E-state index >= 15 is 0 Å². The Morgan fingerprint density at radius 1 is 1.14 bits per heavy atom. The number of nitrogens with zero attached hydrogens (tertiary/aromatic N) is 3. The number of ether oxygens (including phenoxy) is 2. The summed E-state index contributed by atoms with van der Waals surface area (Å²) >= 11 is 0. The molecule has 0 aliphatic carbocycles. The lowest BCUT2D eigenvalue weighted by atomic mass is 10.1. The summed E-state index contributed by atoms with van der Waals surface area (Å²) in [5, 5.41) is 11.7. The SMILES string of the molecule is CCCNC(c1cncc(OC)c1)c1ccc(OC)nn1. The molecule has 2 aromatic rings. The molecule has 2 heterocycles. The molecule has 1 atom stereocenters. The molecule has 0 saturated carbocycles. The third-order valence-corrected chi connectivity index (χ3v) is 3.07. The summed E-state index contributed by atoms with van der Waals surface area (Å²) in [5.74, 6) is 1.22. The van der Waals surface area contributed by atoms with Crippen LogP contribution in [-0.4, -0.2) is 35.9 Å². The van der Waals surface area contributed by atoms with Gasteiger partial charge >= 0.3 is 0 Å². The van der Waals surface area contributed by atoms with E-state index in [9.17, 15) is 0 Å². The van der Waals surface area contributed by atoms with Crippen molar-refractivity contribution in [2.45, 2.75) is 19.4 Å². The first-order chi connectivity index (χ1) is 10.3. The molecule has 112 valence electrons. The number of aromatic nitrogens is 3. The van der Waals surface area contributed by atoms with Crippen LogP contribution in [0, 0.1) is 0 Å². The Balaban J connectivity index is 2.31. The molecular weight excluding hydrogens is 268 g/mol. The van der Waals surface area contributed by atoms with Gasteiger partial charge in [-0.1, -0.05) is 6.92 Å². The number of rotatable bonds is 7.